The van der Waals surface area contributed by atoms with Gasteiger partial charge in [0.15, 0.2) is 0 Å². The molecule has 0 rings (SSSR count). The molecule has 0 heterocycles. The quantitative estimate of drug-likeness (QED) is 0.561. The van der Waals surface area contributed by atoms with Gasteiger partial charge in [-0.25, -0.2) is 5.32 Å². The summed E-state index contributed by atoms with van der Waals surface area (Å²) >= 11 is 0. The van der Waals surface area contributed by atoms with Crippen molar-refractivity contribution in [1.82, 2.24) is 5.32 Å². The second-order valence-corrected chi connectivity index (χ2v) is 3.42. The molecule has 67 valence electrons. The van der Waals surface area contributed by atoms with Crippen molar-refractivity contribution in [3.63, 3.8) is 0 Å². The number of rotatable bonds is 6. The molecule has 0 aromatic carbocycles. The van der Waals surface area contributed by atoms with Crippen molar-refractivity contribution in [3.05, 3.63) is 0 Å². The molecule has 0 saturated carbocycles. The molecular weight excluding hydrogens is 134 g/mol. The summed E-state index contributed by atoms with van der Waals surface area (Å²) in [5.74, 6) is 0. The Hall–Kier alpha value is -0.0400. The monoisotopic (exact) mass is 156 g/mol. The van der Waals surface area contributed by atoms with Crippen LogP contribution < -0.4 is 5.32 Å². The van der Waals surface area contributed by atoms with Crippen LogP contribution in [0.3, 0.4) is 0 Å². The van der Waals surface area contributed by atoms with Crippen LogP contribution >= 0.6 is 0 Å². The second kappa shape index (κ2) is 6.66. The average molecular weight is 156 g/mol. The minimum Gasteiger partial charge on any atom is -0.236 e. The summed E-state index contributed by atoms with van der Waals surface area (Å²) in [5, 5.41) is 4.66. The van der Waals surface area contributed by atoms with Crippen molar-refractivity contribution in [1.29, 1.82) is 0 Å². The van der Waals surface area contributed by atoms with E-state index in [1.165, 1.54) is 25.7 Å². The van der Waals surface area contributed by atoms with Gasteiger partial charge in [-0.05, 0) is 26.7 Å². The lowest BCUT2D eigenvalue weighted by Crippen LogP contribution is -2.26. The Bertz CT molecular complexity index is 70.9. The van der Waals surface area contributed by atoms with E-state index in [-0.39, 0.29) is 0 Å². The van der Waals surface area contributed by atoms with Crippen LogP contribution in [0.5, 0.6) is 0 Å². The molecule has 1 heteroatoms. The topological polar surface area (TPSA) is 14.1 Å². The van der Waals surface area contributed by atoms with E-state index in [4.69, 9.17) is 0 Å². The van der Waals surface area contributed by atoms with Crippen LogP contribution in [-0.2, 0) is 0 Å². The highest BCUT2D eigenvalue weighted by Gasteiger charge is 2.06. The lowest BCUT2D eigenvalue weighted by molar-refractivity contribution is 0.413. The maximum atomic E-state index is 4.66. The first-order valence-electron chi connectivity index (χ1n) is 4.90. The van der Waals surface area contributed by atoms with Gasteiger partial charge in [0, 0.05) is 12.1 Å². The van der Waals surface area contributed by atoms with E-state index in [9.17, 15) is 0 Å². The SMILES string of the molecule is CCCC(C)[N]C(C)CCC. The molecule has 0 aliphatic heterocycles. The molecule has 0 aromatic rings. The second-order valence-electron chi connectivity index (χ2n) is 3.42. The maximum Gasteiger partial charge on any atom is 0.0220 e. The Kier molecular flexibility index (Phi) is 6.63. The molecule has 1 radical (unpaired) electrons. The van der Waals surface area contributed by atoms with E-state index in [0.717, 1.165) is 0 Å². The zero-order chi connectivity index (χ0) is 8.69. The van der Waals surface area contributed by atoms with Crippen molar-refractivity contribution in [3.8, 4) is 0 Å². The molecule has 0 bridgehead atoms. The van der Waals surface area contributed by atoms with Gasteiger partial charge >= 0.3 is 0 Å². The van der Waals surface area contributed by atoms with E-state index in [2.05, 4.69) is 33.0 Å². The third-order valence-electron chi connectivity index (χ3n) is 1.92. The number of hydrogen-bond acceptors (Lipinski definition) is 0. The molecule has 0 spiro atoms. The first kappa shape index (κ1) is 11.0. The third kappa shape index (κ3) is 6.36. The standard InChI is InChI=1S/C10H22N/c1-5-7-9(3)11-10(4)8-6-2/h9-10H,5-8H2,1-4H3. The smallest absolute Gasteiger partial charge is 0.0220 e. The van der Waals surface area contributed by atoms with Crippen LogP contribution in [0.15, 0.2) is 0 Å². The molecule has 0 amide bonds. The fourth-order valence-electron chi connectivity index (χ4n) is 1.42. The summed E-state index contributed by atoms with van der Waals surface area (Å²) < 4.78 is 0. The van der Waals surface area contributed by atoms with Crippen molar-refractivity contribution in [2.45, 2.75) is 65.5 Å². The van der Waals surface area contributed by atoms with Gasteiger partial charge in [0.25, 0.3) is 0 Å². The van der Waals surface area contributed by atoms with Crippen molar-refractivity contribution >= 4 is 0 Å². The third-order valence-corrected chi connectivity index (χ3v) is 1.92. The van der Waals surface area contributed by atoms with E-state index in [1.807, 2.05) is 0 Å². The van der Waals surface area contributed by atoms with Crippen LogP contribution in [-0.4, -0.2) is 12.1 Å². The molecular formula is C10H22N. The highest BCUT2D eigenvalue weighted by molar-refractivity contribution is 4.65. The molecule has 11 heavy (non-hydrogen) atoms. The maximum absolute atomic E-state index is 4.66. The van der Waals surface area contributed by atoms with Gasteiger partial charge in [0.05, 0.1) is 0 Å². The van der Waals surface area contributed by atoms with E-state index in [1.54, 1.807) is 0 Å². The molecule has 0 fully saturated rings. The fraction of sp³-hybridized carbons (Fsp3) is 1.00. The minimum atomic E-state index is 0.571. The number of hydrogen-bond donors (Lipinski definition) is 0. The van der Waals surface area contributed by atoms with Gasteiger partial charge in [-0.15, -0.1) is 0 Å². The highest BCUT2D eigenvalue weighted by Crippen LogP contribution is 2.02. The molecule has 0 aliphatic rings. The van der Waals surface area contributed by atoms with Crippen LogP contribution in [0.1, 0.15) is 53.4 Å². The van der Waals surface area contributed by atoms with E-state index < -0.39 is 0 Å². The Labute approximate surface area is 71.6 Å². The van der Waals surface area contributed by atoms with Crippen molar-refractivity contribution in [2.24, 2.45) is 0 Å². The Morgan fingerprint density at radius 1 is 0.909 bits per heavy atom. The van der Waals surface area contributed by atoms with Crippen molar-refractivity contribution < 1.29 is 0 Å². The van der Waals surface area contributed by atoms with Crippen LogP contribution in [0.4, 0.5) is 0 Å². The lowest BCUT2D eigenvalue weighted by atomic mass is 10.1. The molecule has 2 unspecified atom stereocenters. The first-order chi connectivity index (χ1) is 5.20. The van der Waals surface area contributed by atoms with E-state index >= 15 is 0 Å². The summed E-state index contributed by atoms with van der Waals surface area (Å²) in [5.41, 5.74) is 0. The van der Waals surface area contributed by atoms with Gasteiger partial charge in [0.1, 0.15) is 0 Å². The van der Waals surface area contributed by atoms with Crippen LogP contribution in [0.2, 0.25) is 0 Å². The van der Waals surface area contributed by atoms with Crippen LogP contribution in [0.25, 0.3) is 0 Å². The Balaban J connectivity index is 3.32. The summed E-state index contributed by atoms with van der Waals surface area (Å²) in [6.07, 6.45) is 5.00. The molecule has 2 atom stereocenters. The molecule has 1 nitrogen and oxygen atoms in total. The van der Waals surface area contributed by atoms with E-state index in [0.29, 0.717) is 12.1 Å². The van der Waals surface area contributed by atoms with Gasteiger partial charge in [-0.3, -0.25) is 0 Å². The molecule has 0 aliphatic carbocycles. The largest absolute Gasteiger partial charge is 0.236 e. The molecule has 0 N–H and O–H groups in total. The fourth-order valence-corrected chi connectivity index (χ4v) is 1.42. The minimum absolute atomic E-state index is 0.571. The molecule has 0 saturated heterocycles. The summed E-state index contributed by atoms with van der Waals surface area (Å²) in [7, 11) is 0. The Morgan fingerprint density at radius 2 is 1.27 bits per heavy atom. The predicted molar refractivity (Wildman–Crippen MR) is 50.9 cm³/mol. The average Bonchev–Trinajstić information content (AvgIpc) is 1.87. The molecule has 0 aromatic heterocycles. The predicted octanol–water partition coefficient (Wildman–Crippen LogP) is 2.97. The van der Waals surface area contributed by atoms with Crippen LogP contribution in [0, 0.1) is 0 Å². The summed E-state index contributed by atoms with van der Waals surface area (Å²) in [4.78, 5) is 0. The van der Waals surface area contributed by atoms with Gasteiger partial charge in [-0.1, -0.05) is 26.7 Å². The highest BCUT2D eigenvalue weighted by atomic mass is 14.9. The van der Waals surface area contributed by atoms with Gasteiger partial charge in [0.2, 0.25) is 0 Å². The lowest BCUT2D eigenvalue weighted by Gasteiger charge is -2.16. The zero-order valence-corrected chi connectivity index (χ0v) is 8.43. The van der Waals surface area contributed by atoms with Gasteiger partial charge < -0.3 is 0 Å². The van der Waals surface area contributed by atoms with Crippen molar-refractivity contribution in [2.75, 3.05) is 0 Å². The summed E-state index contributed by atoms with van der Waals surface area (Å²) in [6.45, 7) is 8.87. The Morgan fingerprint density at radius 3 is 1.55 bits per heavy atom. The normalized spacial score (nSPS) is 16.4. The summed E-state index contributed by atoms with van der Waals surface area (Å²) in [6, 6.07) is 1.14. The zero-order valence-electron chi connectivity index (χ0n) is 8.43. The number of nitrogens with zero attached hydrogens (tertiary/aromatic N) is 1. The first-order valence-corrected chi connectivity index (χ1v) is 4.90. The van der Waals surface area contributed by atoms with Gasteiger partial charge in [-0.2, -0.15) is 0 Å².